The quantitative estimate of drug-likeness (QED) is 0.660. The third-order valence-electron chi connectivity index (χ3n) is 1.48. The fourth-order valence-corrected chi connectivity index (χ4v) is 1.45. The number of ether oxygens (including phenoxy) is 1. The average molecular weight is 288 g/mol. The lowest BCUT2D eigenvalue weighted by Gasteiger charge is -2.17. The number of hydrogen-bond acceptors (Lipinski definition) is 2. The van der Waals surface area contributed by atoms with Crippen LogP contribution in [0.1, 0.15) is 0 Å². The minimum absolute atomic E-state index is 0.0469. The topological polar surface area (TPSA) is 29.5 Å². The molecule has 0 amide bonds. The van der Waals surface area contributed by atoms with Crippen LogP contribution in [-0.4, -0.2) is 9.63 Å². The van der Waals surface area contributed by atoms with Gasteiger partial charge in [0.2, 0.25) is 0 Å². The van der Waals surface area contributed by atoms with E-state index in [0.29, 0.717) is 0 Å². The molecule has 2 nitrogen and oxygen atoms in total. The zero-order chi connectivity index (χ0) is 11.6. The Morgan fingerprint density at radius 3 is 2.13 bits per heavy atom. The third-order valence-corrected chi connectivity index (χ3v) is 2.52. The summed E-state index contributed by atoms with van der Waals surface area (Å²) >= 11 is 22.7. The van der Waals surface area contributed by atoms with E-state index in [1.54, 1.807) is 0 Å². The molecule has 0 aliphatic carbocycles. The first-order valence-electron chi connectivity index (χ1n) is 3.74. The highest BCUT2D eigenvalue weighted by molar-refractivity contribution is 6.48. The molecule has 1 aromatic carbocycles. The van der Waals surface area contributed by atoms with Crippen molar-refractivity contribution in [2.45, 2.75) is 4.52 Å². The van der Waals surface area contributed by atoms with Crippen LogP contribution in [0.3, 0.4) is 0 Å². The van der Waals surface area contributed by atoms with E-state index >= 15 is 0 Å². The number of halogens is 4. The van der Waals surface area contributed by atoms with Crippen molar-refractivity contribution in [1.29, 1.82) is 0 Å². The largest absolute Gasteiger partial charge is 0.505 e. The maximum Gasteiger partial charge on any atom is 0.277 e. The van der Waals surface area contributed by atoms with Crippen LogP contribution in [0.4, 0.5) is 0 Å². The lowest BCUT2D eigenvalue weighted by Crippen LogP contribution is -2.17. The fraction of sp³-hybridized carbons (Fsp3) is 0.111. The minimum Gasteiger partial charge on any atom is -0.505 e. The summed E-state index contributed by atoms with van der Waals surface area (Å²) in [6.45, 7) is 3.39. The van der Waals surface area contributed by atoms with Gasteiger partial charge in [-0.2, -0.15) is 0 Å². The number of benzene rings is 1. The lowest BCUT2D eigenvalue weighted by atomic mass is 10.3. The lowest BCUT2D eigenvalue weighted by molar-refractivity contribution is 0.289. The normalized spacial score (nSPS) is 11.2. The van der Waals surface area contributed by atoms with Gasteiger partial charge < -0.3 is 9.84 Å². The first-order chi connectivity index (χ1) is 6.85. The Bertz CT molecular complexity index is 367. The van der Waals surface area contributed by atoms with Crippen LogP contribution in [0.25, 0.3) is 0 Å². The molecule has 0 radical (unpaired) electrons. The van der Waals surface area contributed by atoms with Crippen LogP contribution in [0.15, 0.2) is 24.8 Å². The average Bonchev–Trinajstić information content (AvgIpc) is 2.13. The molecule has 0 spiro atoms. The number of rotatable bonds is 3. The molecule has 0 bridgehead atoms. The van der Waals surface area contributed by atoms with E-state index < -0.39 is 4.52 Å². The van der Waals surface area contributed by atoms with Crippen molar-refractivity contribution in [3.05, 3.63) is 34.8 Å². The van der Waals surface area contributed by atoms with Crippen molar-refractivity contribution < 1.29 is 9.84 Å². The van der Waals surface area contributed by atoms with E-state index in [4.69, 9.17) is 51.1 Å². The minimum atomic E-state index is -1.57. The van der Waals surface area contributed by atoms with Gasteiger partial charge in [0.05, 0.1) is 10.0 Å². The summed E-state index contributed by atoms with van der Waals surface area (Å²) in [5, 5.41) is 9.37. The van der Waals surface area contributed by atoms with Gasteiger partial charge in [-0.25, -0.2) is 0 Å². The molecule has 0 fully saturated rings. The van der Waals surface area contributed by atoms with Gasteiger partial charge in [0.1, 0.15) is 5.75 Å². The molecule has 0 aliphatic rings. The zero-order valence-corrected chi connectivity index (χ0v) is 10.3. The van der Waals surface area contributed by atoms with Gasteiger partial charge in [0.25, 0.3) is 4.52 Å². The molecule has 15 heavy (non-hydrogen) atoms. The third kappa shape index (κ3) is 3.35. The Morgan fingerprint density at radius 1 is 1.27 bits per heavy atom. The molecule has 0 aromatic heterocycles. The van der Waals surface area contributed by atoms with E-state index in [1.807, 2.05) is 0 Å². The monoisotopic (exact) mass is 286 g/mol. The molecule has 0 heterocycles. The van der Waals surface area contributed by atoms with Crippen LogP contribution >= 0.6 is 46.4 Å². The van der Waals surface area contributed by atoms with Crippen LogP contribution < -0.4 is 4.74 Å². The van der Waals surface area contributed by atoms with Crippen LogP contribution in [0.2, 0.25) is 10.0 Å². The number of aromatic hydroxyl groups is 1. The van der Waals surface area contributed by atoms with Gasteiger partial charge in [-0.15, -0.1) is 0 Å². The number of hydrogen-bond donors (Lipinski definition) is 1. The Hall–Kier alpha value is -0.280. The Kier molecular flexibility index (Phi) is 4.01. The molecule has 0 unspecified atom stereocenters. The van der Waals surface area contributed by atoms with Gasteiger partial charge >= 0.3 is 0 Å². The standard InChI is InChI=1S/C9H6Cl4O2/c1-2-9(12,13)15-5-3-6(10)8(14)7(11)4-5/h2-4,14H,1H2. The SMILES string of the molecule is C=CC(Cl)(Cl)Oc1cc(Cl)c(O)c(Cl)c1. The first kappa shape index (κ1) is 12.8. The van der Waals surface area contributed by atoms with Gasteiger partial charge in [-0.3, -0.25) is 0 Å². The second kappa shape index (κ2) is 4.71. The number of phenolic OH excluding ortho intramolecular Hbond substituents is 1. The molecule has 0 atom stereocenters. The summed E-state index contributed by atoms with van der Waals surface area (Å²) < 4.78 is 3.53. The summed E-state index contributed by atoms with van der Waals surface area (Å²) in [5.41, 5.74) is 0. The van der Waals surface area contributed by atoms with Crippen molar-refractivity contribution in [3.63, 3.8) is 0 Å². The van der Waals surface area contributed by atoms with Crippen LogP contribution in [0, 0.1) is 0 Å². The predicted octanol–water partition coefficient (Wildman–Crippen LogP) is 4.40. The summed E-state index contributed by atoms with van der Waals surface area (Å²) in [6, 6.07) is 2.68. The van der Waals surface area contributed by atoms with E-state index in [0.717, 1.165) is 0 Å². The smallest absolute Gasteiger partial charge is 0.277 e. The second-order valence-corrected chi connectivity index (χ2v) is 4.73. The molecular formula is C9H6Cl4O2. The Morgan fingerprint density at radius 2 is 1.73 bits per heavy atom. The maximum atomic E-state index is 9.28. The van der Waals surface area contributed by atoms with Crippen molar-refractivity contribution in [3.8, 4) is 11.5 Å². The van der Waals surface area contributed by atoms with Gasteiger partial charge in [0, 0.05) is 12.1 Å². The molecule has 1 aromatic rings. The summed E-state index contributed by atoms with van der Waals surface area (Å²) in [6.07, 6.45) is 1.20. The summed E-state index contributed by atoms with van der Waals surface area (Å²) in [4.78, 5) is 0. The zero-order valence-electron chi connectivity index (χ0n) is 7.31. The van der Waals surface area contributed by atoms with E-state index in [9.17, 15) is 5.11 Å². The van der Waals surface area contributed by atoms with E-state index in [2.05, 4.69) is 6.58 Å². The maximum absolute atomic E-state index is 9.28. The van der Waals surface area contributed by atoms with Crippen molar-refractivity contribution >= 4 is 46.4 Å². The number of phenols is 1. The second-order valence-electron chi connectivity index (χ2n) is 2.60. The van der Waals surface area contributed by atoms with Crippen LogP contribution in [0.5, 0.6) is 11.5 Å². The first-order valence-corrected chi connectivity index (χ1v) is 5.25. The Balaban J connectivity index is 3.02. The van der Waals surface area contributed by atoms with E-state index in [1.165, 1.54) is 18.2 Å². The van der Waals surface area contributed by atoms with E-state index in [-0.39, 0.29) is 21.5 Å². The van der Waals surface area contributed by atoms with Gasteiger partial charge in [-0.1, -0.05) is 53.0 Å². The Labute approximate surface area is 107 Å². The fourth-order valence-electron chi connectivity index (χ4n) is 0.800. The summed E-state index contributed by atoms with van der Waals surface area (Å²) in [7, 11) is 0. The molecule has 1 N–H and O–H groups in total. The molecule has 1 rings (SSSR count). The van der Waals surface area contributed by atoms with Crippen molar-refractivity contribution in [2.75, 3.05) is 0 Å². The molecular weight excluding hydrogens is 282 g/mol. The van der Waals surface area contributed by atoms with Gasteiger partial charge in [-0.05, 0) is 6.08 Å². The summed E-state index contributed by atoms with van der Waals surface area (Å²) in [5.74, 6) is 0.00623. The molecule has 0 saturated heterocycles. The number of alkyl halides is 2. The molecule has 6 heteroatoms. The van der Waals surface area contributed by atoms with Crippen molar-refractivity contribution in [2.24, 2.45) is 0 Å². The highest BCUT2D eigenvalue weighted by Gasteiger charge is 2.22. The predicted molar refractivity (Wildman–Crippen MR) is 63.4 cm³/mol. The molecule has 0 saturated carbocycles. The van der Waals surface area contributed by atoms with Gasteiger partial charge in [0.15, 0.2) is 5.75 Å². The highest BCUT2D eigenvalue weighted by Crippen LogP contribution is 2.38. The van der Waals surface area contributed by atoms with Crippen molar-refractivity contribution in [1.82, 2.24) is 0 Å². The van der Waals surface area contributed by atoms with Crippen LogP contribution in [-0.2, 0) is 0 Å². The highest BCUT2D eigenvalue weighted by atomic mass is 35.5. The molecule has 82 valence electrons. The molecule has 0 aliphatic heterocycles.